The highest BCUT2D eigenvalue weighted by atomic mass is 16.5. The minimum atomic E-state index is -0.452. The van der Waals surface area contributed by atoms with Crippen LogP contribution in [0.25, 0.3) is 16.6 Å². The number of hydrogen-bond acceptors (Lipinski definition) is 4. The zero-order valence-electron chi connectivity index (χ0n) is 17.7. The summed E-state index contributed by atoms with van der Waals surface area (Å²) < 4.78 is 12.9. The van der Waals surface area contributed by atoms with Crippen molar-refractivity contribution in [3.8, 4) is 11.4 Å². The average molecular weight is 413 g/mol. The Morgan fingerprint density at radius 1 is 0.871 bits per heavy atom. The molecule has 4 aromatic rings. The van der Waals surface area contributed by atoms with E-state index in [4.69, 9.17) is 9.47 Å². The first-order valence-electron chi connectivity index (χ1n) is 10.2. The minimum Gasteiger partial charge on any atom is -0.462 e. The third-order valence-corrected chi connectivity index (χ3v) is 5.17. The van der Waals surface area contributed by atoms with Crippen molar-refractivity contribution in [1.82, 2.24) is 4.57 Å². The van der Waals surface area contributed by atoms with Crippen LogP contribution in [-0.2, 0) is 4.74 Å². The van der Waals surface area contributed by atoms with Gasteiger partial charge >= 0.3 is 11.9 Å². The van der Waals surface area contributed by atoms with Gasteiger partial charge in [0.05, 0.1) is 23.3 Å². The van der Waals surface area contributed by atoms with E-state index in [1.165, 1.54) is 0 Å². The number of fused-ring (bicyclic) bond motifs is 1. The number of esters is 2. The molecule has 5 nitrogen and oxygen atoms in total. The Kier molecular flexibility index (Phi) is 5.58. The number of nitrogens with zero attached hydrogens (tertiary/aromatic N) is 1. The lowest BCUT2D eigenvalue weighted by Gasteiger charge is -2.09. The van der Waals surface area contributed by atoms with Crippen molar-refractivity contribution < 1.29 is 19.1 Å². The standard InChI is InChI=1S/C26H23NO4/c1-4-30-26(29)24-18(3)27(20-12-10-17(2)11-13-20)23-15-14-21(16-22(23)24)31-25(28)19-8-6-5-7-9-19/h5-16H,4H2,1-3H3. The maximum absolute atomic E-state index is 12.8. The van der Waals surface area contributed by atoms with Crippen LogP contribution in [0.2, 0.25) is 0 Å². The summed E-state index contributed by atoms with van der Waals surface area (Å²) in [5, 5.41) is 0.676. The Morgan fingerprint density at radius 2 is 1.58 bits per heavy atom. The largest absolute Gasteiger partial charge is 0.462 e. The van der Waals surface area contributed by atoms with E-state index in [2.05, 4.69) is 0 Å². The summed E-state index contributed by atoms with van der Waals surface area (Å²) in [6.07, 6.45) is 0. The maximum Gasteiger partial charge on any atom is 0.343 e. The third-order valence-electron chi connectivity index (χ3n) is 5.17. The smallest absolute Gasteiger partial charge is 0.343 e. The van der Waals surface area contributed by atoms with Crippen LogP contribution in [0.15, 0.2) is 72.8 Å². The van der Waals surface area contributed by atoms with Gasteiger partial charge in [-0.3, -0.25) is 0 Å². The molecule has 1 aromatic heterocycles. The minimum absolute atomic E-state index is 0.276. The molecule has 5 heteroatoms. The Morgan fingerprint density at radius 3 is 2.26 bits per heavy atom. The van der Waals surface area contributed by atoms with E-state index in [9.17, 15) is 9.59 Å². The van der Waals surface area contributed by atoms with E-state index < -0.39 is 11.9 Å². The second-order valence-corrected chi connectivity index (χ2v) is 7.29. The Balaban J connectivity index is 1.83. The first kappa shape index (κ1) is 20.4. The molecule has 0 radical (unpaired) electrons. The molecule has 0 saturated carbocycles. The molecular formula is C26H23NO4. The molecule has 0 aliphatic heterocycles. The van der Waals surface area contributed by atoms with Gasteiger partial charge in [-0.1, -0.05) is 35.9 Å². The van der Waals surface area contributed by atoms with Crippen molar-refractivity contribution in [3.63, 3.8) is 0 Å². The van der Waals surface area contributed by atoms with Gasteiger partial charge in [-0.2, -0.15) is 0 Å². The normalized spacial score (nSPS) is 10.8. The van der Waals surface area contributed by atoms with Gasteiger partial charge in [0.25, 0.3) is 0 Å². The topological polar surface area (TPSA) is 57.5 Å². The molecule has 0 aliphatic rings. The summed E-state index contributed by atoms with van der Waals surface area (Å²) in [5.41, 5.74) is 4.63. The summed E-state index contributed by atoms with van der Waals surface area (Å²) in [6, 6.07) is 22.2. The molecule has 0 bridgehead atoms. The molecule has 0 fully saturated rings. The van der Waals surface area contributed by atoms with Gasteiger partial charge in [-0.15, -0.1) is 0 Å². The highest BCUT2D eigenvalue weighted by molar-refractivity contribution is 6.07. The summed E-state index contributed by atoms with van der Waals surface area (Å²) in [7, 11) is 0. The molecule has 0 unspecified atom stereocenters. The van der Waals surface area contributed by atoms with Crippen LogP contribution >= 0.6 is 0 Å². The van der Waals surface area contributed by atoms with E-state index in [1.807, 2.05) is 54.8 Å². The van der Waals surface area contributed by atoms with Gasteiger partial charge in [-0.25, -0.2) is 9.59 Å². The van der Waals surface area contributed by atoms with E-state index in [0.717, 1.165) is 22.5 Å². The van der Waals surface area contributed by atoms with Gasteiger partial charge in [0.15, 0.2) is 0 Å². The van der Waals surface area contributed by atoms with Crippen LogP contribution in [0.4, 0.5) is 0 Å². The molecule has 156 valence electrons. The van der Waals surface area contributed by atoms with Gasteiger partial charge in [0.1, 0.15) is 5.75 Å². The van der Waals surface area contributed by atoms with Crippen LogP contribution in [0, 0.1) is 13.8 Å². The number of ether oxygens (including phenoxy) is 2. The summed E-state index contributed by atoms with van der Waals surface area (Å²) in [6.45, 7) is 5.97. The highest BCUT2D eigenvalue weighted by Gasteiger charge is 2.23. The lowest BCUT2D eigenvalue weighted by atomic mass is 10.1. The molecule has 0 spiro atoms. The molecule has 4 rings (SSSR count). The second kappa shape index (κ2) is 8.48. The molecule has 0 N–H and O–H groups in total. The quantitative estimate of drug-likeness (QED) is 0.314. The van der Waals surface area contributed by atoms with Gasteiger partial charge in [0, 0.05) is 16.8 Å². The number of aryl methyl sites for hydroxylation is 1. The van der Waals surface area contributed by atoms with Gasteiger partial charge in [-0.05, 0) is 63.2 Å². The van der Waals surface area contributed by atoms with Crippen molar-refractivity contribution in [1.29, 1.82) is 0 Å². The first-order valence-corrected chi connectivity index (χ1v) is 10.2. The van der Waals surface area contributed by atoms with E-state index in [1.54, 1.807) is 43.3 Å². The molecule has 0 aliphatic carbocycles. The lowest BCUT2D eigenvalue weighted by Crippen LogP contribution is -2.08. The number of benzene rings is 3. The van der Waals surface area contributed by atoms with Crippen molar-refractivity contribution in [2.75, 3.05) is 6.61 Å². The fourth-order valence-corrected chi connectivity index (χ4v) is 3.69. The Labute approximate surface area is 180 Å². The molecule has 0 amide bonds. The first-order chi connectivity index (χ1) is 15.0. The number of carbonyl (C=O) groups is 2. The fraction of sp³-hybridized carbons (Fsp3) is 0.154. The number of hydrogen-bond donors (Lipinski definition) is 0. The van der Waals surface area contributed by atoms with E-state index in [0.29, 0.717) is 22.3 Å². The zero-order valence-corrected chi connectivity index (χ0v) is 17.7. The molecular weight excluding hydrogens is 390 g/mol. The maximum atomic E-state index is 12.8. The van der Waals surface area contributed by atoms with Crippen molar-refractivity contribution in [2.45, 2.75) is 20.8 Å². The predicted octanol–water partition coefficient (Wildman–Crippen LogP) is 5.64. The van der Waals surface area contributed by atoms with Gasteiger partial charge in [0.2, 0.25) is 0 Å². The number of rotatable bonds is 5. The van der Waals surface area contributed by atoms with E-state index in [-0.39, 0.29) is 6.61 Å². The van der Waals surface area contributed by atoms with Crippen LogP contribution in [-0.4, -0.2) is 23.1 Å². The molecule has 0 saturated heterocycles. The van der Waals surface area contributed by atoms with Crippen molar-refractivity contribution in [3.05, 3.63) is 95.2 Å². The molecule has 1 heterocycles. The van der Waals surface area contributed by atoms with Crippen molar-refractivity contribution >= 4 is 22.8 Å². The second-order valence-electron chi connectivity index (χ2n) is 7.29. The SMILES string of the molecule is CCOC(=O)c1c(C)n(-c2ccc(C)cc2)c2ccc(OC(=O)c3ccccc3)cc12. The third kappa shape index (κ3) is 3.94. The zero-order chi connectivity index (χ0) is 22.0. The monoisotopic (exact) mass is 413 g/mol. The van der Waals surface area contributed by atoms with Crippen molar-refractivity contribution in [2.24, 2.45) is 0 Å². The van der Waals surface area contributed by atoms with Crippen LogP contribution in [0.1, 0.15) is 38.9 Å². The van der Waals surface area contributed by atoms with E-state index >= 15 is 0 Å². The highest BCUT2D eigenvalue weighted by Crippen LogP contribution is 2.33. The average Bonchev–Trinajstić information content (AvgIpc) is 3.06. The summed E-state index contributed by atoms with van der Waals surface area (Å²) in [5.74, 6) is -0.484. The molecule has 0 atom stereocenters. The fourth-order valence-electron chi connectivity index (χ4n) is 3.69. The van der Waals surface area contributed by atoms with Gasteiger partial charge < -0.3 is 14.0 Å². The number of carbonyl (C=O) groups excluding carboxylic acids is 2. The Bertz CT molecular complexity index is 1250. The van der Waals surface area contributed by atoms with Crippen LogP contribution in [0.3, 0.4) is 0 Å². The van der Waals surface area contributed by atoms with Crippen LogP contribution in [0.5, 0.6) is 5.75 Å². The predicted molar refractivity (Wildman–Crippen MR) is 120 cm³/mol. The summed E-state index contributed by atoms with van der Waals surface area (Å²) in [4.78, 5) is 25.3. The number of aromatic nitrogens is 1. The molecule has 3 aromatic carbocycles. The lowest BCUT2D eigenvalue weighted by molar-refractivity contribution is 0.0527. The summed E-state index contributed by atoms with van der Waals surface area (Å²) >= 11 is 0. The van der Waals surface area contributed by atoms with Crippen LogP contribution < -0.4 is 4.74 Å². The molecule has 31 heavy (non-hydrogen) atoms. The Hall–Kier alpha value is -3.86.